The number of allylic oxidation sites excluding steroid dienone is 1. The number of nitrogens with two attached hydrogens (primary N) is 2. The third kappa shape index (κ3) is 7.64. The number of aliphatic hydroxyl groups excluding tert-OH is 3. The second-order valence-electron chi connectivity index (χ2n) is 15.7. The number of fused-ring (bicyclic) bond motifs is 6. The van der Waals surface area contributed by atoms with Gasteiger partial charge >= 0.3 is 0 Å². The molecule has 0 saturated carbocycles. The van der Waals surface area contributed by atoms with Crippen molar-refractivity contribution in [1.29, 1.82) is 0 Å². The largest absolute Gasteiger partial charge is 0.486 e. The first-order valence-electron chi connectivity index (χ1n) is 20.4. The number of amides is 1. The second-order valence-corrected chi connectivity index (χ2v) is 15.7. The molecular weight excluding hydrogens is 791 g/mol. The van der Waals surface area contributed by atoms with Crippen LogP contribution in [0, 0.1) is 0 Å². The standard InChI is InChI=1S/C43H49N7O11/c44-30-17-21(9-12-46-30)10-15-58-39-36(55)35(54)29-19-57-14-11-22(23-5-3-4-8-28(23)50-20-47-32-40(50)48-43(45)49-41(32)56)26-18-27-31(34(53)25-7-2-1-6-24(25)33(27)52)38(59-16-13-51)37(26)61-42(39)60-29/h1-9,17-18,22,29,32,35-36,39-40,42-43,46-48,51,54-55H,10-16,19-20,44-45H2,(H,49,56). The molecule has 0 spiro atoms. The summed E-state index contributed by atoms with van der Waals surface area (Å²) in [6.07, 6.45) is -3.54. The van der Waals surface area contributed by atoms with Crippen LogP contribution in [-0.4, -0.2) is 128 Å². The van der Waals surface area contributed by atoms with Gasteiger partial charge in [0.25, 0.3) is 0 Å². The first-order chi connectivity index (χ1) is 29.6. The van der Waals surface area contributed by atoms with Gasteiger partial charge < -0.3 is 60.3 Å². The van der Waals surface area contributed by atoms with Crippen molar-refractivity contribution >= 4 is 23.2 Å². The predicted octanol–water partition coefficient (Wildman–Crippen LogP) is -0.661. The Labute approximate surface area is 350 Å². The molecule has 1 aliphatic carbocycles. The number of carbonyl (C=O) groups excluding carboxylic acids is 3. The Morgan fingerprint density at radius 1 is 0.951 bits per heavy atom. The van der Waals surface area contributed by atoms with E-state index in [-0.39, 0.29) is 79.2 Å². The number of para-hydroxylation sites is 1. The normalized spacial score (nSPS) is 29.6. The van der Waals surface area contributed by atoms with Crippen LogP contribution in [0.3, 0.4) is 0 Å². The lowest BCUT2D eigenvalue weighted by atomic mass is 9.79. The molecule has 3 aromatic carbocycles. The molecule has 18 nitrogen and oxygen atoms in total. The van der Waals surface area contributed by atoms with Crippen LogP contribution in [0.1, 0.15) is 61.7 Å². The minimum Gasteiger partial charge on any atom is -0.486 e. The molecule has 9 atom stereocenters. The SMILES string of the molecule is NC1=CC(CCOC2C3Oc4c(cc5c(c4OCCO)C(=O)c4ccccc4C5=O)C(c4ccccc4N4CNC5C(=O)NC(N)NC54)CCOCC(O3)C(O)C2O)=CCN1. The zero-order valence-electron chi connectivity index (χ0n) is 33.1. The quantitative estimate of drug-likeness (QED) is 0.101. The molecule has 18 heteroatoms. The fraction of sp³-hybridized carbons (Fsp3) is 0.419. The van der Waals surface area contributed by atoms with Crippen LogP contribution >= 0.6 is 0 Å². The molecule has 61 heavy (non-hydrogen) atoms. The maximum atomic E-state index is 14.5. The minimum absolute atomic E-state index is 0.0155. The van der Waals surface area contributed by atoms with E-state index in [1.54, 1.807) is 36.4 Å². The molecule has 5 aliphatic heterocycles. The Bertz CT molecular complexity index is 2270. The van der Waals surface area contributed by atoms with Crippen LogP contribution in [0.2, 0.25) is 0 Å². The summed E-state index contributed by atoms with van der Waals surface area (Å²) in [5.41, 5.74) is 15.4. The number of aliphatic hydroxyl groups is 3. The Morgan fingerprint density at radius 3 is 2.54 bits per heavy atom. The van der Waals surface area contributed by atoms with Gasteiger partial charge in [0.15, 0.2) is 23.1 Å². The number of dihydropyridines is 1. The smallest absolute Gasteiger partial charge is 0.242 e. The van der Waals surface area contributed by atoms with E-state index in [1.807, 2.05) is 35.2 Å². The van der Waals surface area contributed by atoms with E-state index < -0.39 is 73.3 Å². The van der Waals surface area contributed by atoms with E-state index in [0.29, 0.717) is 24.4 Å². The topological polar surface area (TPSA) is 261 Å². The number of nitrogens with one attached hydrogen (secondary N) is 4. The number of benzene rings is 3. The summed E-state index contributed by atoms with van der Waals surface area (Å²) in [4.78, 5) is 44.0. The summed E-state index contributed by atoms with van der Waals surface area (Å²) in [6, 6.07) is 15.2. The van der Waals surface area contributed by atoms with Gasteiger partial charge in [-0.3, -0.25) is 30.8 Å². The van der Waals surface area contributed by atoms with Crippen molar-refractivity contribution < 1.29 is 53.4 Å². The Kier molecular flexibility index (Phi) is 11.5. The number of rotatable bonds is 9. The zero-order valence-corrected chi connectivity index (χ0v) is 33.1. The average Bonchev–Trinajstić information content (AvgIpc) is 3.67. The molecule has 9 unspecified atom stereocenters. The van der Waals surface area contributed by atoms with Gasteiger partial charge in [0.1, 0.15) is 49.5 Å². The van der Waals surface area contributed by atoms with Gasteiger partial charge in [-0.05, 0) is 42.2 Å². The lowest BCUT2D eigenvalue weighted by Gasteiger charge is -2.42. The van der Waals surface area contributed by atoms with Crippen LogP contribution in [0.5, 0.6) is 11.5 Å². The van der Waals surface area contributed by atoms with Crippen molar-refractivity contribution in [2.24, 2.45) is 11.5 Å². The number of hydrogen-bond acceptors (Lipinski definition) is 17. The fourth-order valence-corrected chi connectivity index (χ4v) is 9.05. The van der Waals surface area contributed by atoms with Gasteiger partial charge in [0.2, 0.25) is 12.2 Å². The number of ether oxygens (including phenoxy) is 5. The lowest BCUT2D eigenvalue weighted by Crippen LogP contribution is -2.70. The summed E-state index contributed by atoms with van der Waals surface area (Å²) in [6.45, 7) is 0.198. The Hall–Kier alpha value is -5.41. The van der Waals surface area contributed by atoms with Crippen molar-refractivity contribution in [2.45, 2.75) is 68.0 Å². The molecule has 3 aromatic rings. The van der Waals surface area contributed by atoms with Crippen molar-refractivity contribution in [2.75, 3.05) is 51.1 Å². The minimum atomic E-state index is -1.51. The molecule has 322 valence electrons. The van der Waals surface area contributed by atoms with E-state index in [0.717, 1.165) is 16.8 Å². The molecule has 5 heterocycles. The summed E-state index contributed by atoms with van der Waals surface area (Å²) in [5, 5.41) is 45.4. The van der Waals surface area contributed by atoms with Crippen LogP contribution in [-0.2, 0) is 19.0 Å². The average molecular weight is 840 g/mol. The van der Waals surface area contributed by atoms with Crippen molar-refractivity contribution in [1.82, 2.24) is 21.3 Å². The number of anilines is 1. The van der Waals surface area contributed by atoms with Crippen molar-refractivity contribution in [3.8, 4) is 11.5 Å². The maximum absolute atomic E-state index is 14.5. The summed E-state index contributed by atoms with van der Waals surface area (Å²) in [5.74, 6) is -1.37. The monoisotopic (exact) mass is 839 g/mol. The molecule has 3 fully saturated rings. The van der Waals surface area contributed by atoms with E-state index in [1.165, 1.54) is 0 Å². The van der Waals surface area contributed by atoms with Crippen LogP contribution in [0.15, 0.2) is 78.1 Å². The fourth-order valence-electron chi connectivity index (χ4n) is 9.05. The molecule has 0 radical (unpaired) electrons. The van der Waals surface area contributed by atoms with Crippen LogP contribution in [0.25, 0.3) is 0 Å². The van der Waals surface area contributed by atoms with Crippen molar-refractivity contribution in [3.05, 3.63) is 112 Å². The second kappa shape index (κ2) is 17.2. The Balaban J connectivity index is 1.20. The molecule has 9 rings (SSSR count). The number of hydrogen-bond donors (Lipinski definition) is 9. The van der Waals surface area contributed by atoms with Gasteiger partial charge in [-0.1, -0.05) is 48.5 Å². The summed E-state index contributed by atoms with van der Waals surface area (Å²) >= 11 is 0. The highest BCUT2D eigenvalue weighted by atomic mass is 16.7. The molecule has 2 bridgehead atoms. The van der Waals surface area contributed by atoms with Gasteiger partial charge in [-0.2, -0.15) is 0 Å². The molecule has 11 N–H and O–H groups in total. The Morgan fingerprint density at radius 2 is 1.74 bits per heavy atom. The summed E-state index contributed by atoms with van der Waals surface area (Å²) < 4.78 is 32.0. The van der Waals surface area contributed by atoms with Gasteiger partial charge in [0.05, 0.1) is 37.9 Å². The zero-order chi connectivity index (χ0) is 42.4. The first kappa shape index (κ1) is 41.0. The van der Waals surface area contributed by atoms with E-state index >= 15 is 0 Å². The van der Waals surface area contributed by atoms with Crippen LogP contribution in [0.4, 0.5) is 5.69 Å². The number of carbonyl (C=O) groups is 3. The highest BCUT2D eigenvalue weighted by molar-refractivity contribution is 6.29. The van der Waals surface area contributed by atoms with Gasteiger partial charge in [0, 0.05) is 47.0 Å². The highest BCUT2D eigenvalue weighted by Crippen LogP contribution is 2.49. The van der Waals surface area contributed by atoms with Crippen molar-refractivity contribution in [3.63, 3.8) is 0 Å². The maximum Gasteiger partial charge on any atom is 0.242 e. The third-order valence-electron chi connectivity index (χ3n) is 12.0. The predicted molar refractivity (Wildman–Crippen MR) is 217 cm³/mol. The molecular formula is C43H49N7O11. The first-order valence-corrected chi connectivity index (χ1v) is 20.4. The third-order valence-corrected chi connectivity index (χ3v) is 12.0. The molecule has 6 aliphatic rings. The van der Waals surface area contributed by atoms with Gasteiger partial charge in [-0.15, -0.1) is 0 Å². The van der Waals surface area contributed by atoms with E-state index in [2.05, 4.69) is 21.3 Å². The lowest BCUT2D eigenvalue weighted by molar-refractivity contribution is -0.289. The van der Waals surface area contributed by atoms with E-state index in [4.69, 9.17) is 35.2 Å². The number of nitrogens with zero attached hydrogens (tertiary/aromatic N) is 1. The van der Waals surface area contributed by atoms with E-state index in [9.17, 15) is 29.7 Å². The molecule has 3 saturated heterocycles. The number of ketones is 2. The molecule has 1 amide bonds. The van der Waals surface area contributed by atoms with Crippen LogP contribution < -0.4 is 47.1 Å². The molecule has 0 aromatic heterocycles. The summed E-state index contributed by atoms with van der Waals surface area (Å²) in [7, 11) is 0. The van der Waals surface area contributed by atoms with Gasteiger partial charge in [-0.25, -0.2) is 0 Å². The highest BCUT2D eigenvalue weighted by Gasteiger charge is 2.49.